The van der Waals surface area contributed by atoms with E-state index in [0.717, 1.165) is 17.1 Å². The lowest BCUT2D eigenvalue weighted by Crippen LogP contribution is -1.94. The van der Waals surface area contributed by atoms with Gasteiger partial charge in [-0.2, -0.15) is 0 Å². The Morgan fingerprint density at radius 2 is 2.07 bits per heavy atom. The largest absolute Gasteiger partial charge is 0.372 e. The lowest BCUT2D eigenvalue weighted by molar-refractivity contribution is 1.19. The maximum atomic E-state index is 4.43. The standard InChI is InChI=1S/C12H13N3/c1-9-4-3-5-10(6-9)11-7-14-8-12(13-2)15-11/h3-8H,1-2H3,(H,13,15). The monoisotopic (exact) mass is 199 g/mol. The van der Waals surface area contributed by atoms with Crippen LogP contribution in [0.15, 0.2) is 36.7 Å². The summed E-state index contributed by atoms with van der Waals surface area (Å²) in [6, 6.07) is 8.23. The molecule has 1 aromatic heterocycles. The first-order valence-corrected chi connectivity index (χ1v) is 4.86. The van der Waals surface area contributed by atoms with Crippen molar-refractivity contribution < 1.29 is 0 Å². The van der Waals surface area contributed by atoms with Crippen molar-refractivity contribution in [2.45, 2.75) is 6.92 Å². The summed E-state index contributed by atoms with van der Waals surface area (Å²) in [4.78, 5) is 8.57. The van der Waals surface area contributed by atoms with Crippen molar-refractivity contribution in [2.75, 3.05) is 12.4 Å². The maximum Gasteiger partial charge on any atom is 0.144 e. The molecule has 0 bridgehead atoms. The molecular weight excluding hydrogens is 186 g/mol. The molecule has 0 aliphatic rings. The topological polar surface area (TPSA) is 37.8 Å². The van der Waals surface area contributed by atoms with Crippen molar-refractivity contribution in [3.05, 3.63) is 42.2 Å². The fourth-order valence-corrected chi connectivity index (χ4v) is 1.43. The van der Waals surface area contributed by atoms with Crippen molar-refractivity contribution in [1.29, 1.82) is 0 Å². The number of aromatic nitrogens is 2. The second kappa shape index (κ2) is 4.09. The van der Waals surface area contributed by atoms with Crippen LogP contribution in [0, 0.1) is 6.92 Å². The fraction of sp³-hybridized carbons (Fsp3) is 0.167. The third kappa shape index (κ3) is 2.13. The molecule has 76 valence electrons. The van der Waals surface area contributed by atoms with Gasteiger partial charge in [0.15, 0.2) is 0 Å². The van der Waals surface area contributed by atoms with Gasteiger partial charge in [-0.05, 0) is 13.0 Å². The molecular formula is C12H13N3. The minimum atomic E-state index is 0.786. The number of anilines is 1. The van der Waals surface area contributed by atoms with Crippen LogP contribution < -0.4 is 5.32 Å². The Morgan fingerprint density at radius 1 is 1.20 bits per heavy atom. The third-order valence-electron chi connectivity index (χ3n) is 2.20. The lowest BCUT2D eigenvalue weighted by atomic mass is 10.1. The van der Waals surface area contributed by atoms with Crippen LogP contribution in [0.2, 0.25) is 0 Å². The summed E-state index contributed by atoms with van der Waals surface area (Å²) >= 11 is 0. The number of hydrogen-bond donors (Lipinski definition) is 1. The molecule has 0 spiro atoms. The molecule has 0 atom stereocenters. The summed E-state index contributed by atoms with van der Waals surface area (Å²) < 4.78 is 0. The normalized spacial score (nSPS) is 10.0. The predicted octanol–water partition coefficient (Wildman–Crippen LogP) is 2.49. The zero-order chi connectivity index (χ0) is 10.7. The van der Waals surface area contributed by atoms with E-state index in [1.807, 2.05) is 19.2 Å². The van der Waals surface area contributed by atoms with Gasteiger partial charge in [0.2, 0.25) is 0 Å². The van der Waals surface area contributed by atoms with Gasteiger partial charge in [-0.25, -0.2) is 4.98 Å². The highest BCUT2D eigenvalue weighted by Gasteiger charge is 2.00. The van der Waals surface area contributed by atoms with Gasteiger partial charge in [-0.15, -0.1) is 0 Å². The van der Waals surface area contributed by atoms with Gasteiger partial charge >= 0.3 is 0 Å². The highest BCUT2D eigenvalue weighted by molar-refractivity contribution is 5.60. The van der Waals surface area contributed by atoms with E-state index in [1.54, 1.807) is 12.4 Å². The third-order valence-corrected chi connectivity index (χ3v) is 2.20. The minimum Gasteiger partial charge on any atom is -0.372 e. The summed E-state index contributed by atoms with van der Waals surface area (Å²) in [6.45, 7) is 2.07. The smallest absolute Gasteiger partial charge is 0.144 e. The van der Waals surface area contributed by atoms with Crippen molar-refractivity contribution >= 4 is 5.82 Å². The minimum absolute atomic E-state index is 0.786. The average molecular weight is 199 g/mol. The van der Waals surface area contributed by atoms with Gasteiger partial charge in [-0.1, -0.05) is 23.8 Å². The molecule has 3 nitrogen and oxygen atoms in total. The molecule has 2 rings (SSSR count). The number of nitrogens with one attached hydrogen (secondary N) is 1. The molecule has 0 aliphatic carbocycles. The van der Waals surface area contributed by atoms with E-state index in [0.29, 0.717) is 0 Å². The molecule has 1 N–H and O–H groups in total. The van der Waals surface area contributed by atoms with Crippen LogP contribution in [0.5, 0.6) is 0 Å². The summed E-state index contributed by atoms with van der Waals surface area (Å²) in [6.07, 6.45) is 3.48. The van der Waals surface area contributed by atoms with Crippen LogP contribution >= 0.6 is 0 Å². The number of hydrogen-bond acceptors (Lipinski definition) is 3. The zero-order valence-corrected chi connectivity index (χ0v) is 8.86. The molecule has 2 aromatic rings. The fourth-order valence-electron chi connectivity index (χ4n) is 1.43. The molecule has 1 heterocycles. The van der Waals surface area contributed by atoms with Crippen molar-refractivity contribution in [3.63, 3.8) is 0 Å². The highest BCUT2D eigenvalue weighted by Crippen LogP contribution is 2.18. The van der Waals surface area contributed by atoms with Crippen molar-refractivity contribution in [2.24, 2.45) is 0 Å². The molecule has 0 unspecified atom stereocenters. The molecule has 1 aromatic carbocycles. The quantitative estimate of drug-likeness (QED) is 0.807. The van der Waals surface area contributed by atoms with E-state index in [1.165, 1.54) is 5.56 Å². The predicted molar refractivity (Wildman–Crippen MR) is 61.8 cm³/mol. The van der Waals surface area contributed by atoms with Crippen molar-refractivity contribution in [3.8, 4) is 11.3 Å². The Labute approximate surface area is 89.2 Å². The van der Waals surface area contributed by atoms with E-state index < -0.39 is 0 Å². The van der Waals surface area contributed by atoms with Gasteiger partial charge in [0, 0.05) is 12.6 Å². The number of rotatable bonds is 2. The average Bonchev–Trinajstić information content (AvgIpc) is 2.29. The Balaban J connectivity index is 2.44. The summed E-state index contributed by atoms with van der Waals surface area (Å²) in [5, 5.41) is 2.98. The van der Waals surface area contributed by atoms with E-state index in [9.17, 15) is 0 Å². The van der Waals surface area contributed by atoms with Crippen LogP contribution in [-0.4, -0.2) is 17.0 Å². The molecule has 0 fully saturated rings. The van der Waals surface area contributed by atoms with Crippen LogP contribution in [0.1, 0.15) is 5.56 Å². The molecule has 0 amide bonds. The van der Waals surface area contributed by atoms with E-state index in [-0.39, 0.29) is 0 Å². The van der Waals surface area contributed by atoms with Crippen LogP contribution in [0.4, 0.5) is 5.82 Å². The van der Waals surface area contributed by atoms with Crippen molar-refractivity contribution in [1.82, 2.24) is 9.97 Å². The second-order valence-electron chi connectivity index (χ2n) is 3.41. The molecule has 3 heteroatoms. The first kappa shape index (κ1) is 9.65. The lowest BCUT2D eigenvalue weighted by Gasteiger charge is -2.03. The molecule has 0 saturated heterocycles. The number of benzene rings is 1. The van der Waals surface area contributed by atoms with Gasteiger partial charge < -0.3 is 5.32 Å². The SMILES string of the molecule is CNc1cncc(-c2cccc(C)c2)n1. The van der Waals surface area contributed by atoms with E-state index in [2.05, 4.69) is 34.3 Å². The van der Waals surface area contributed by atoms with Gasteiger partial charge in [-0.3, -0.25) is 4.98 Å². The van der Waals surface area contributed by atoms with E-state index >= 15 is 0 Å². The molecule has 0 saturated carbocycles. The van der Waals surface area contributed by atoms with Crippen LogP contribution in [-0.2, 0) is 0 Å². The Hall–Kier alpha value is -1.90. The summed E-state index contributed by atoms with van der Waals surface area (Å²) in [5.74, 6) is 0.786. The molecule has 0 radical (unpaired) electrons. The molecule has 15 heavy (non-hydrogen) atoms. The van der Waals surface area contributed by atoms with Gasteiger partial charge in [0.1, 0.15) is 5.82 Å². The van der Waals surface area contributed by atoms with Crippen LogP contribution in [0.25, 0.3) is 11.3 Å². The number of nitrogens with zero attached hydrogens (tertiary/aromatic N) is 2. The maximum absolute atomic E-state index is 4.43. The van der Waals surface area contributed by atoms with Gasteiger partial charge in [0.25, 0.3) is 0 Å². The highest BCUT2D eigenvalue weighted by atomic mass is 15.0. The Kier molecular flexibility index (Phi) is 2.63. The van der Waals surface area contributed by atoms with Crippen LogP contribution in [0.3, 0.4) is 0 Å². The first-order chi connectivity index (χ1) is 7.29. The summed E-state index contributed by atoms with van der Waals surface area (Å²) in [5.41, 5.74) is 3.22. The van der Waals surface area contributed by atoms with Gasteiger partial charge in [0.05, 0.1) is 18.1 Å². The molecule has 0 aliphatic heterocycles. The zero-order valence-electron chi connectivity index (χ0n) is 8.86. The number of aryl methyl sites for hydroxylation is 1. The van der Waals surface area contributed by atoms with E-state index in [4.69, 9.17) is 0 Å². The second-order valence-corrected chi connectivity index (χ2v) is 3.41. The Morgan fingerprint density at radius 3 is 2.80 bits per heavy atom. The first-order valence-electron chi connectivity index (χ1n) is 4.86. The Bertz CT molecular complexity index is 466. The summed E-state index contributed by atoms with van der Waals surface area (Å²) in [7, 11) is 1.84.